The monoisotopic (exact) mass is 273 g/mol. The van der Waals surface area contributed by atoms with Gasteiger partial charge in [-0.1, -0.05) is 5.16 Å². The van der Waals surface area contributed by atoms with Crippen LogP contribution in [-0.4, -0.2) is 32.7 Å². The Labute approximate surface area is 107 Å². The molecule has 2 heterocycles. The van der Waals surface area contributed by atoms with E-state index in [0.717, 1.165) is 19.4 Å². The van der Waals surface area contributed by atoms with Crippen LogP contribution in [0.5, 0.6) is 0 Å². The largest absolute Gasteiger partial charge is 0.360 e. The molecule has 1 atom stereocenters. The first-order valence-electron chi connectivity index (χ1n) is 6.16. The molecule has 0 saturated carbocycles. The van der Waals surface area contributed by atoms with Gasteiger partial charge in [0.05, 0.1) is 0 Å². The van der Waals surface area contributed by atoms with Gasteiger partial charge in [-0.25, -0.2) is 13.1 Å². The lowest BCUT2D eigenvalue weighted by Crippen LogP contribution is -2.31. The van der Waals surface area contributed by atoms with Crippen LogP contribution < -0.4 is 10.0 Å². The summed E-state index contributed by atoms with van der Waals surface area (Å²) in [4.78, 5) is 0.168. The lowest BCUT2D eigenvalue weighted by molar-refractivity contribution is 0.390. The maximum Gasteiger partial charge on any atom is 0.245 e. The van der Waals surface area contributed by atoms with Crippen LogP contribution in [0.2, 0.25) is 0 Å². The minimum Gasteiger partial charge on any atom is -0.360 e. The molecule has 6 nitrogen and oxygen atoms in total. The second-order valence-electron chi connectivity index (χ2n) is 4.63. The Balaban J connectivity index is 1.95. The van der Waals surface area contributed by atoms with Crippen LogP contribution in [0.15, 0.2) is 9.42 Å². The van der Waals surface area contributed by atoms with Crippen molar-refractivity contribution >= 4 is 10.0 Å². The highest BCUT2D eigenvalue weighted by Crippen LogP contribution is 2.18. The quantitative estimate of drug-likeness (QED) is 0.825. The van der Waals surface area contributed by atoms with E-state index in [1.165, 1.54) is 6.42 Å². The molecule has 0 aromatic carbocycles. The van der Waals surface area contributed by atoms with Crippen LogP contribution in [0, 0.1) is 13.8 Å². The zero-order valence-corrected chi connectivity index (χ0v) is 11.5. The van der Waals surface area contributed by atoms with E-state index in [1.54, 1.807) is 13.8 Å². The Bertz CT molecular complexity index is 484. The molecule has 0 amide bonds. The van der Waals surface area contributed by atoms with E-state index >= 15 is 0 Å². The van der Waals surface area contributed by atoms with Crippen LogP contribution >= 0.6 is 0 Å². The molecule has 0 unspecified atom stereocenters. The summed E-state index contributed by atoms with van der Waals surface area (Å²) < 4.78 is 31.6. The van der Waals surface area contributed by atoms with E-state index in [-0.39, 0.29) is 4.90 Å². The van der Waals surface area contributed by atoms with Gasteiger partial charge in [0.15, 0.2) is 5.76 Å². The third kappa shape index (κ3) is 2.90. The van der Waals surface area contributed by atoms with Gasteiger partial charge in [-0.05, 0) is 39.7 Å². The van der Waals surface area contributed by atoms with Crippen LogP contribution in [0.3, 0.4) is 0 Å². The highest BCUT2D eigenvalue weighted by atomic mass is 32.2. The summed E-state index contributed by atoms with van der Waals surface area (Å²) in [6, 6.07) is 0.428. The Morgan fingerprint density at radius 1 is 1.50 bits per heavy atom. The standard InChI is InChI=1S/C11H19N3O3S/c1-8-11(9(2)17-14-8)18(15,16)13-7-5-10-4-3-6-12-10/h10,12-13H,3-7H2,1-2H3/t10-/m0/s1. The lowest BCUT2D eigenvalue weighted by Gasteiger charge is -2.10. The summed E-state index contributed by atoms with van der Waals surface area (Å²) >= 11 is 0. The Morgan fingerprint density at radius 2 is 2.28 bits per heavy atom. The maximum atomic E-state index is 12.1. The summed E-state index contributed by atoms with van der Waals surface area (Å²) in [5.74, 6) is 0.332. The van der Waals surface area contributed by atoms with Crippen molar-refractivity contribution in [2.75, 3.05) is 13.1 Å². The van der Waals surface area contributed by atoms with Gasteiger partial charge in [-0.15, -0.1) is 0 Å². The molecule has 102 valence electrons. The fraction of sp³-hybridized carbons (Fsp3) is 0.727. The average molecular weight is 273 g/mol. The third-order valence-electron chi connectivity index (χ3n) is 3.18. The second kappa shape index (κ2) is 5.38. The summed E-state index contributed by atoms with van der Waals surface area (Å²) in [6.45, 7) is 4.70. The third-order valence-corrected chi connectivity index (χ3v) is 4.89. The van der Waals surface area contributed by atoms with Crippen molar-refractivity contribution in [3.8, 4) is 0 Å². The van der Waals surface area contributed by atoms with E-state index in [4.69, 9.17) is 4.52 Å². The van der Waals surface area contributed by atoms with Crippen molar-refractivity contribution in [3.63, 3.8) is 0 Å². The van der Waals surface area contributed by atoms with Crippen LogP contribution in [0.25, 0.3) is 0 Å². The van der Waals surface area contributed by atoms with Gasteiger partial charge < -0.3 is 9.84 Å². The fourth-order valence-electron chi connectivity index (χ4n) is 2.30. The molecule has 1 fully saturated rings. The molecule has 1 saturated heterocycles. The zero-order valence-electron chi connectivity index (χ0n) is 10.7. The molecule has 1 aliphatic rings. The van der Waals surface area contributed by atoms with E-state index in [1.807, 2.05) is 0 Å². The van der Waals surface area contributed by atoms with Gasteiger partial charge in [-0.2, -0.15) is 0 Å². The van der Waals surface area contributed by atoms with Crippen LogP contribution in [-0.2, 0) is 10.0 Å². The second-order valence-corrected chi connectivity index (χ2v) is 6.34. The summed E-state index contributed by atoms with van der Waals surface area (Å²) in [5, 5.41) is 7.00. The van der Waals surface area contributed by atoms with Gasteiger partial charge in [0, 0.05) is 12.6 Å². The molecule has 0 aliphatic carbocycles. The molecular weight excluding hydrogens is 254 g/mol. The minimum atomic E-state index is -3.50. The average Bonchev–Trinajstić information content (AvgIpc) is 2.89. The Kier molecular flexibility index (Phi) is 4.04. The Morgan fingerprint density at radius 3 is 2.83 bits per heavy atom. The van der Waals surface area contributed by atoms with E-state index in [0.29, 0.717) is 24.0 Å². The molecule has 7 heteroatoms. The molecule has 1 aromatic rings. The first-order valence-corrected chi connectivity index (χ1v) is 7.65. The molecule has 2 N–H and O–H groups in total. The molecule has 1 aliphatic heterocycles. The van der Waals surface area contributed by atoms with E-state index < -0.39 is 10.0 Å². The van der Waals surface area contributed by atoms with Crippen molar-refractivity contribution < 1.29 is 12.9 Å². The molecule has 0 bridgehead atoms. The normalized spacial score (nSPS) is 20.4. The number of nitrogens with one attached hydrogen (secondary N) is 2. The SMILES string of the molecule is Cc1noc(C)c1S(=O)(=O)NCC[C@@H]1CCCN1. The Hall–Kier alpha value is -0.920. The highest BCUT2D eigenvalue weighted by Gasteiger charge is 2.24. The lowest BCUT2D eigenvalue weighted by atomic mass is 10.2. The van der Waals surface area contributed by atoms with Crippen molar-refractivity contribution in [1.82, 2.24) is 15.2 Å². The predicted molar refractivity (Wildman–Crippen MR) is 66.8 cm³/mol. The summed E-state index contributed by atoms with van der Waals surface area (Å²) in [6.07, 6.45) is 3.09. The van der Waals surface area contributed by atoms with Crippen LogP contribution in [0.1, 0.15) is 30.7 Å². The molecule has 0 radical (unpaired) electrons. The van der Waals surface area contributed by atoms with E-state index in [9.17, 15) is 8.42 Å². The van der Waals surface area contributed by atoms with Gasteiger partial charge in [-0.3, -0.25) is 0 Å². The van der Waals surface area contributed by atoms with Gasteiger partial charge in [0.1, 0.15) is 10.6 Å². The van der Waals surface area contributed by atoms with E-state index in [2.05, 4.69) is 15.2 Å². The smallest absolute Gasteiger partial charge is 0.245 e. The summed E-state index contributed by atoms with van der Waals surface area (Å²) in [7, 11) is -3.50. The maximum absolute atomic E-state index is 12.1. The van der Waals surface area contributed by atoms with Crippen molar-refractivity contribution in [2.24, 2.45) is 0 Å². The number of rotatable bonds is 5. The van der Waals surface area contributed by atoms with Gasteiger partial charge >= 0.3 is 0 Å². The topological polar surface area (TPSA) is 84.2 Å². The fourth-order valence-corrected chi connectivity index (χ4v) is 3.67. The number of aromatic nitrogens is 1. The van der Waals surface area contributed by atoms with Crippen molar-refractivity contribution in [2.45, 2.75) is 44.0 Å². The minimum absolute atomic E-state index is 0.168. The van der Waals surface area contributed by atoms with Crippen molar-refractivity contribution in [1.29, 1.82) is 0 Å². The van der Waals surface area contributed by atoms with Crippen LogP contribution in [0.4, 0.5) is 0 Å². The first-order chi connectivity index (χ1) is 8.50. The first kappa shape index (κ1) is 13.5. The number of hydrogen-bond acceptors (Lipinski definition) is 5. The summed E-state index contributed by atoms with van der Waals surface area (Å²) in [5.41, 5.74) is 0.402. The van der Waals surface area contributed by atoms with Gasteiger partial charge in [0.25, 0.3) is 0 Å². The number of aryl methyl sites for hydroxylation is 2. The number of nitrogens with zero attached hydrogens (tertiary/aromatic N) is 1. The molecule has 1 aromatic heterocycles. The predicted octanol–water partition coefficient (Wildman–Crippen LogP) is 0.712. The highest BCUT2D eigenvalue weighted by molar-refractivity contribution is 7.89. The molecule has 18 heavy (non-hydrogen) atoms. The van der Waals surface area contributed by atoms with Gasteiger partial charge in [0.2, 0.25) is 10.0 Å². The molecule has 0 spiro atoms. The zero-order chi connectivity index (χ0) is 13.2. The molecular formula is C11H19N3O3S. The number of sulfonamides is 1. The number of hydrogen-bond donors (Lipinski definition) is 2. The van der Waals surface area contributed by atoms with Crippen molar-refractivity contribution in [3.05, 3.63) is 11.5 Å². The molecule has 2 rings (SSSR count).